The third-order valence-corrected chi connectivity index (χ3v) is 7.13. The van der Waals surface area contributed by atoms with Crippen LogP contribution in [0.3, 0.4) is 0 Å². The van der Waals surface area contributed by atoms with E-state index in [-0.39, 0.29) is 12.0 Å². The van der Waals surface area contributed by atoms with E-state index < -0.39 is 0 Å². The first-order valence-electron chi connectivity index (χ1n) is 11.7. The minimum atomic E-state index is 0.150. The first-order chi connectivity index (χ1) is 16.8. The second kappa shape index (κ2) is 7.27. The monoisotopic (exact) mass is 436 g/mol. The first-order valence-corrected chi connectivity index (χ1v) is 11.7. The molecule has 7 rings (SSSR count). The van der Waals surface area contributed by atoms with Crippen LogP contribution in [0.4, 0.5) is 11.4 Å². The van der Waals surface area contributed by atoms with Crippen molar-refractivity contribution < 1.29 is 4.42 Å². The Balaban J connectivity index is 1.53. The van der Waals surface area contributed by atoms with Crippen LogP contribution in [-0.4, -0.2) is 6.04 Å². The molecule has 0 amide bonds. The van der Waals surface area contributed by atoms with Crippen LogP contribution in [-0.2, 0) is 0 Å². The summed E-state index contributed by atoms with van der Waals surface area (Å²) in [5.74, 6) is 0.251. The highest BCUT2D eigenvalue weighted by molar-refractivity contribution is 6.14. The summed E-state index contributed by atoms with van der Waals surface area (Å²) in [6, 6.07) is 25.7. The molecule has 160 valence electrons. The van der Waals surface area contributed by atoms with Gasteiger partial charge in [0.05, 0.1) is 34.4 Å². The van der Waals surface area contributed by atoms with Crippen LogP contribution in [0.2, 0.25) is 0 Å². The number of nitrogens with zero attached hydrogens (tertiary/aromatic N) is 2. The molecular weight excluding hydrogens is 416 g/mol. The number of furan rings is 1. The number of allylic oxidation sites excluding steroid dienone is 6. The van der Waals surface area contributed by atoms with Gasteiger partial charge in [-0.3, -0.25) is 0 Å². The molecule has 2 heterocycles. The molecule has 3 aliphatic rings. The van der Waals surface area contributed by atoms with Crippen molar-refractivity contribution in [1.82, 2.24) is 0 Å². The second-order valence-corrected chi connectivity index (χ2v) is 8.97. The third-order valence-electron chi connectivity index (χ3n) is 7.13. The van der Waals surface area contributed by atoms with Gasteiger partial charge in [-0.2, -0.15) is 5.26 Å². The van der Waals surface area contributed by atoms with Gasteiger partial charge in [0.2, 0.25) is 0 Å². The average molecular weight is 437 g/mol. The predicted octanol–water partition coefficient (Wildman–Crippen LogP) is 7.54. The van der Waals surface area contributed by atoms with Crippen LogP contribution >= 0.6 is 0 Å². The average Bonchev–Trinajstić information content (AvgIpc) is 3.44. The van der Waals surface area contributed by atoms with E-state index in [1.54, 1.807) is 0 Å². The normalized spacial score (nSPS) is 20.5. The Morgan fingerprint density at radius 2 is 1.94 bits per heavy atom. The molecule has 4 aromatic rings. The number of rotatable bonds is 2. The maximum Gasteiger partial charge on any atom is 0.137 e. The van der Waals surface area contributed by atoms with Gasteiger partial charge in [-0.05, 0) is 54.3 Å². The van der Waals surface area contributed by atoms with Gasteiger partial charge in [-0.15, -0.1) is 0 Å². The van der Waals surface area contributed by atoms with Gasteiger partial charge in [0, 0.05) is 16.9 Å². The summed E-state index contributed by atoms with van der Waals surface area (Å²) >= 11 is 0. The molecule has 34 heavy (non-hydrogen) atoms. The summed E-state index contributed by atoms with van der Waals surface area (Å²) in [5, 5.41) is 11.8. The zero-order valence-electron chi connectivity index (χ0n) is 18.5. The summed E-state index contributed by atoms with van der Waals surface area (Å²) in [6.07, 6.45) is 14.7. The molecule has 3 heteroatoms. The molecule has 3 nitrogen and oxygen atoms in total. The predicted molar refractivity (Wildman–Crippen MR) is 136 cm³/mol. The molecule has 2 unspecified atom stereocenters. The van der Waals surface area contributed by atoms with Gasteiger partial charge in [0.15, 0.2) is 0 Å². The van der Waals surface area contributed by atoms with E-state index >= 15 is 0 Å². The number of hydrogen-bond donors (Lipinski definition) is 0. The second-order valence-electron chi connectivity index (χ2n) is 8.97. The van der Waals surface area contributed by atoms with Crippen molar-refractivity contribution in [2.75, 3.05) is 4.90 Å². The Bertz CT molecular complexity index is 1640. The van der Waals surface area contributed by atoms with E-state index in [2.05, 4.69) is 83.8 Å². The van der Waals surface area contributed by atoms with Crippen LogP contribution in [0.25, 0.3) is 27.5 Å². The van der Waals surface area contributed by atoms with E-state index in [1.807, 2.05) is 24.3 Å². The van der Waals surface area contributed by atoms with Crippen molar-refractivity contribution in [3.8, 4) is 6.07 Å². The van der Waals surface area contributed by atoms with Crippen molar-refractivity contribution in [2.45, 2.75) is 24.8 Å². The van der Waals surface area contributed by atoms with Gasteiger partial charge in [0.1, 0.15) is 11.2 Å². The van der Waals surface area contributed by atoms with Crippen LogP contribution in [0.15, 0.2) is 95.0 Å². The Labute approximate surface area is 198 Å². The van der Waals surface area contributed by atoms with Crippen molar-refractivity contribution in [1.29, 1.82) is 5.26 Å². The fourth-order valence-corrected chi connectivity index (χ4v) is 5.67. The number of para-hydroxylation sites is 1. The summed E-state index contributed by atoms with van der Waals surface area (Å²) in [5.41, 5.74) is 8.19. The quantitative estimate of drug-likeness (QED) is 0.326. The van der Waals surface area contributed by atoms with E-state index in [9.17, 15) is 5.26 Å². The molecule has 1 aromatic heterocycles. The van der Waals surface area contributed by atoms with Gasteiger partial charge in [0.25, 0.3) is 0 Å². The molecule has 0 spiro atoms. The lowest BCUT2D eigenvalue weighted by atomic mass is 9.90. The number of nitriles is 1. The van der Waals surface area contributed by atoms with Crippen molar-refractivity contribution >= 4 is 38.9 Å². The van der Waals surface area contributed by atoms with E-state index in [4.69, 9.17) is 4.42 Å². The SMILES string of the molecule is N#CC1=CC(c2c#cccc2N2c3c(ccc4oc5ccccc5c34)C3C=CC=CC32)=CCC1. The zero-order chi connectivity index (χ0) is 22.6. The van der Waals surface area contributed by atoms with Crippen LogP contribution in [0.5, 0.6) is 0 Å². The standard InChI is InChI=1S/C31H20N2O/c32-19-20-8-7-9-21(18-20)22-10-1-4-13-26(22)33-27-14-5-2-11-23(27)24-16-17-29-30(31(24)33)25-12-3-6-15-28(25)34-29/h2-6,9,11-18,23,27H,7-8H2. The largest absolute Gasteiger partial charge is 0.456 e. The summed E-state index contributed by atoms with van der Waals surface area (Å²) in [7, 11) is 0. The van der Waals surface area contributed by atoms with Crippen molar-refractivity contribution in [3.05, 3.63) is 114 Å². The lowest BCUT2D eigenvalue weighted by Crippen LogP contribution is -2.29. The van der Waals surface area contributed by atoms with Crippen LogP contribution in [0, 0.1) is 23.5 Å². The third kappa shape index (κ3) is 2.65. The van der Waals surface area contributed by atoms with Crippen molar-refractivity contribution in [2.24, 2.45) is 0 Å². The minimum Gasteiger partial charge on any atom is -0.456 e. The smallest absolute Gasteiger partial charge is 0.137 e. The van der Waals surface area contributed by atoms with Gasteiger partial charge >= 0.3 is 0 Å². The lowest BCUT2D eigenvalue weighted by molar-refractivity contribution is 0.669. The fraction of sp³-hybridized carbons (Fsp3) is 0.129. The Hall–Kier alpha value is -4.47. The number of anilines is 2. The summed E-state index contributed by atoms with van der Waals surface area (Å²) in [6.45, 7) is 0. The minimum absolute atomic E-state index is 0.150. The molecule has 0 saturated carbocycles. The maximum absolute atomic E-state index is 9.52. The summed E-state index contributed by atoms with van der Waals surface area (Å²) in [4.78, 5) is 2.44. The molecule has 0 radical (unpaired) electrons. The molecule has 3 aromatic carbocycles. The van der Waals surface area contributed by atoms with Gasteiger partial charge in [-0.25, -0.2) is 0 Å². The molecule has 1 aliphatic heterocycles. The lowest BCUT2D eigenvalue weighted by Gasteiger charge is -2.30. The van der Waals surface area contributed by atoms with Crippen LogP contribution in [0.1, 0.15) is 29.9 Å². The molecule has 2 aliphatic carbocycles. The van der Waals surface area contributed by atoms with Gasteiger partial charge < -0.3 is 9.32 Å². The highest BCUT2D eigenvalue weighted by atomic mass is 16.3. The highest BCUT2D eigenvalue weighted by Crippen LogP contribution is 2.53. The van der Waals surface area contributed by atoms with Crippen LogP contribution < -0.4 is 4.90 Å². The summed E-state index contributed by atoms with van der Waals surface area (Å²) < 4.78 is 6.26. The molecule has 0 N–H and O–H groups in total. The molecular formula is C31H20N2O. The Morgan fingerprint density at radius 3 is 2.88 bits per heavy atom. The molecule has 0 bridgehead atoms. The molecule has 2 atom stereocenters. The topological polar surface area (TPSA) is 40.2 Å². The fourth-order valence-electron chi connectivity index (χ4n) is 5.67. The van der Waals surface area contributed by atoms with E-state index in [1.165, 1.54) is 11.3 Å². The van der Waals surface area contributed by atoms with Gasteiger partial charge in [-0.1, -0.05) is 66.8 Å². The Morgan fingerprint density at radius 1 is 1.03 bits per heavy atom. The molecule has 0 fully saturated rings. The maximum atomic E-state index is 9.52. The first kappa shape index (κ1) is 19.0. The number of fused-ring (bicyclic) bond motifs is 7. The Kier molecular flexibility index (Phi) is 4.07. The zero-order valence-corrected chi connectivity index (χ0v) is 18.5. The molecule has 0 saturated heterocycles. The van der Waals surface area contributed by atoms with E-state index in [0.29, 0.717) is 0 Å². The van der Waals surface area contributed by atoms with E-state index in [0.717, 1.165) is 57.2 Å². The highest BCUT2D eigenvalue weighted by Gasteiger charge is 2.40. The number of hydrogen-bond acceptors (Lipinski definition) is 3. The number of benzene rings is 2. The van der Waals surface area contributed by atoms with Crippen molar-refractivity contribution in [3.63, 3.8) is 0 Å².